The molecule has 0 bridgehead atoms. The van der Waals surface area contributed by atoms with Crippen LogP contribution in [0.25, 0.3) is 16.9 Å². The van der Waals surface area contributed by atoms with Crippen LogP contribution < -0.4 is 5.32 Å². The van der Waals surface area contributed by atoms with Crippen LogP contribution in [0, 0.1) is 6.92 Å². The fraction of sp³-hybridized carbons (Fsp3) is 0.200. The highest BCUT2D eigenvalue weighted by Crippen LogP contribution is 2.49. The van der Waals surface area contributed by atoms with E-state index in [-0.39, 0.29) is 11.9 Å². The number of benzene rings is 2. The van der Waals surface area contributed by atoms with Gasteiger partial charge in [0.1, 0.15) is 5.82 Å². The largest absolute Gasteiger partial charge is 0.468 e. The van der Waals surface area contributed by atoms with Gasteiger partial charge in [-0.2, -0.15) is 5.10 Å². The van der Waals surface area contributed by atoms with Crippen molar-refractivity contribution in [3.63, 3.8) is 0 Å². The number of hydrogen-bond acceptors (Lipinski definition) is 5. The van der Waals surface area contributed by atoms with E-state index in [9.17, 15) is 9.59 Å². The predicted molar refractivity (Wildman–Crippen MR) is 120 cm³/mol. The zero-order valence-electron chi connectivity index (χ0n) is 17.8. The van der Waals surface area contributed by atoms with E-state index in [1.54, 1.807) is 16.6 Å². The van der Waals surface area contributed by atoms with Crippen molar-refractivity contribution >= 4 is 23.3 Å². The molecule has 1 fully saturated rings. The average molecular weight is 426 g/mol. The minimum atomic E-state index is -0.555. The number of aromatic nitrogens is 3. The van der Waals surface area contributed by atoms with E-state index in [2.05, 4.69) is 15.4 Å². The van der Waals surface area contributed by atoms with Gasteiger partial charge in [0.05, 0.1) is 23.9 Å². The van der Waals surface area contributed by atoms with Gasteiger partial charge in [-0.1, -0.05) is 42.5 Å². The predicted octanol–water partition coefficient (Wildman–Crippen LogP) is 4.16. The van der Waals surface area contributed by atoms with Gasteiger partial charge in [0.2, 0.25) is 0 Å². The fourth-order valence-corrected chi connectivity index (χ4v) is 4.03. The zero-order valence-corrected chi connectivity index (χ0v) is 17.8. The van der Waals surface area contributed by atoms with Gasteiger partial charge in [0.15, 0.2) is 5.65 Å². The SMILES string of the molecule is COC(=O)C1(c2ccc(C(=O)Nc3cc(-c4ccccc4)n4nc(C)cc4n3)cc2)CC1. The summed E-state index contributed by atoms with van der Waals surface area (Å²) in [5.41, 5.74) is 4.12. The molecule has 0 atom stereocenters. The molecule has 1 aliphatic rings. The molecule has 2 heterocycles. The minimum absolute atomic E-state index is 0.225. The number of carbonyl (C=O) groups is 2. The third kappa shape index (κ3) is 3.41. The number of anilines is 1. The molecule has 1 saturated carbocycles. The summed E-state index contributed by atoms with van der Waals surface area (Å²) in [7, 11) is 1.40. The molecule has 32 heavy (non-hydrogen) atoms. The molecule has 0 unspecified atom stereocenters. The molecule has 0 radical (unpaired) electrons. The molecule has 4 aromatic rings. The van der Waals surface area contributed by atoms with Gasteiger partial charge >= 0.3 is 5.97 Å². The summed E-state index contributed by atoms with van der Waals surface area (Å²) in [6.07, 6.45) is 1.53. The van der Waals surface area contributed by atoms with E-state index in [0.29, 0.717) is 17.0 Å². The Balaban J connectivity index is 1.43. The molecule has 1 amide bonds. The molecule has 5 rings (SSSR count). The summed E-state index contributed by atoms with van der Waals surface area (Å²) in [5, 5.41) is 7.43. The van der Waals surface area contributed by atoms with Crippen molar-refractivity contribution in [2.24, 2.45) is 0 Å². The third-order valence-corrected chi connectivity index (χ3v) is 5.89. The second-order valence-corrected chi connectivity index (χ2v) is 8.05. The maximum Gasteiger partial charge on any atom is 0.316 e. The molecule has 160 valence electrons. The highest BCUT2D eigenvalue weighted by molar-refractivity contribution is 6.04. The Bertz CT molecular complexity index is 1320. The molecule has 0 saturated heterocycles. The number of ether oxygens (including phenoxy) is 1. The molecule has 1 aliphatic carbocycles. The van der Waals surface area contributed by atoms with Crippen molar-refractivity contribution in [2.45, 2.75) is 25.2 Å². The van der Waals surface area contributed by atoms with Crippen LogP contribution >= 0.6 is 0 Å². The molecule has 0 spiro atoms. The second kappa shape index (κ2) is 7.60. The van der Waals surface area contributed by atoms with Gasteiger partial charge in [0.25, 0.3) is 5.91 Å². The van der Waals surface area contributed by atoms with Gasteiger partial charge in [-0.15, -0.1) is 0 Å². The summed E-state index contributed by atoms with van der Waals surface area (Å²) < 4.78 is 6.71. The smallest absolute Gasteiger partial charge is 0.316 e. The summed E-state index contributed by atoms with van der Waals surface area (Å²) in [4.78, 5) is 29.6. The highest BCUT2D eigenvalue weighted by Gasteiger charge is 2.52. The number of nitrogens with zero attached hydrogens (tertiary/aromatic N) is 3. The summed E-state index contributed by atoms with van der Waals surface area (Å²) in [5.74, 6) is -0.0538. The number of esters is 1. The van der Waals surface area contributed by atoms with E-state index in [0.717, 1.165) is 35.4 Å². The number of methoxy groups -OCH3 is 1. The molecule has 2 aromatic heterocycles. The van der Waals surface area contributed by atoms with Gasteiger partial charge in [-0.05, 0) is 37.5 Å². The Labute approximate surface area is 185 Å². The Kier molecular flexibility index (Phi) is 4.74. The molecular weight excluding hydrogens is 404 g/mol. The van der Waals surface area contributed by atoms with Crippen molar-refractivity contribution in [3.05, 3.63) is 83.6 Å². The summed E-state index contributed by atoms with van der Waals surface area (Å²) in [6, 6.07) is 20.6. The molecule has 1 N–H and O–H groups in total. The van der Waals surface area contributed by atoms with E-state index >= 15 is 0 Å². The van der Waals surface area contributed by atoms with Crippen molar-refractivity contribution in [1.29, 1.82) is 0 Å². The lowest BCUT2D eigenvalue weighted by Crippen LogP contribution is -2.22. The lowest BCUT2D eigenvalue weighted by atomic mass is 9.95. The maximum absolute atomic E-state index is 12.9. The van der Waals surface area contributed by atoms with Gasteiger partial charge in [0, 0.05) is 23.3 Å². The molecule has 7 nitrogen and oxygen atoms in total. The van der Waals surface area contributed by atoms with Crippen molar-refractivity contribution < 1.29 is 14.3 Å². The summed E-state index contributed by atoms with van der Waals surface area (Å²) >= 11 is 0. The Morgan fingerprint density at radius 2 is 1.75 bits per heavy atom. The van der Waals surface area contributed by atoms with Crippen LogP contribution in [0.3, 0.4) is 0 Å². The van der Waals surface area contributed by atoms with E-state index in [4.69, 9.17) is 4.74 Å². The van der Waals surface area contributed by atoms with Crippen molar-refractivity contribution in [1.82, 2.24) is 14.6 Å². The van der Waals surface area contributed by atoms with Crippen molar-refractivity contribution in [2.75, 3.05) is 12.4 Å². The van der Waals surface area contributed by atoms with Crippen LogP contribution in [0.1, 0.15) is 34.5 Å². The Morgan fingerprint density at radius 1 is 1.03 bits per heavy atom. The zero-order chi connectivity index (χ0) is 22.3. The van der Waals surface area contributed by atoms with Gasteiger partial charge < -0.3 is 10.1 Å². The molecular formula is C25H22N4O3. The van der Waals surface area contributed by atoms with E-state index in [1.807, 2.05) is 61.5 Å². The first-order valence-electron chi connectivity index (χ1n) is 10.4. The number of fused-ring (bicyclic) bond motifs is 1. The number of rotatable bonds is 5. The van der Waals surface area contributed by atoms with Gasteiger partial charge in [-0.3, -0.25) is 9.59 Å². The highest BCUT2D eigenvalue weighted by atomic mass is 16.5. The van der Waals surface area contributed by atoms with Crippen LogP contribution in [-0.4, -0.2) is 33.6 Å². The fourth-order valence-electron chi connectivity index (χ4n) is 4.03. The standard InChI is InChI=1S/C25H22N4O3/c1-16-14-22-26-21(15-20(29(22)28-16)17-6-4-3-5-7-17)27-23(30)18-8-10-19(11-9-18)25(12-13-25)24(31)32-2/h3-11,14-15H,12-13H2,1-2H3,(H,26,27,30). The van der Waals surface area contributed by atoms with Gasteiger partial charge in [-0.25, -0.2) is 9.50 Å². The van der Waals surface area contributed by atoms with Crippen molar-refractivity contribution in [3.8, 4) is 11.3 Å². The first kappa shape index (κ1) is 19.9. The normalized spacial score (nSPS) is 14.2. The van der Waals surface area contributed by atoms with Crippen LogP contribution in [0.15, 0.2) is 66.7 Å². The van der Waals surface area contributed by atoms with Crippen LogP contribution in [0.4, 0.5) is 5.82 Å². The van der Waals surface area contributed by atoms with Crippen LogP contribution in [0.5, 0.6) is 0 Å². The lowest BCUT2D eigenvalue weighted by molar-refractivity contribution is -0.143. The lowest BCUT2D eigenvalue weighted by Gasteiger charge is -2.13. The third-order valence-electron chi connectivity index (χ3n) is 5.89. The van der Waals surface area contributed by atoms with E-state index in [1.165, 1.54) is 7.11 Å². The number of amides is 1. The van der Waals surface area contributed by atoms with E-state index < -0.39 is 5.41 Å². The number of carbonyl (C=O) groups excluding carboxylic acids is 2. The first-order chi connectivity index (χ1) is 15.5. The maximum atomic E-state index is 12.9. The first-order valence-corrected chi connectivity index (χ1v) is 10.4. The Morgan fingerprint density at radius 3 is 2.41 bits per heavy atom. The summed E-state index contributed by atoms with van der Waals surface area (Å²) in [6.45, 7) is 1.91. The number of aryl methyl sites for hydroxylation is 1. The monoisotopic (exact) mass is 426 g/mol. The van der Waals surface area contributed by atoms with Crippen LogP contribution in [-0.2, 0) is 14.9 Å². The minimum Gasteiger partial charge on any atom is -0.468 e. The molecule has 7 heteroatoms. The second-order valence-electron chi connectivity index (χ2n) is 8.05. The quantitative estimate of drug-likeness (QED) is 0.484. The number of hydrogen-bond donors (Lipinski definition) is 1. The topological polar surface area (TPSA) is 85.6 Å². The number of nitrogens with one attached hydrogen (secondary N) is 1. The average Bonchev–Trinajstić information content (AvgIpc) is 3.54. The van der Waals surface area contributed by atoms with Crippen LogP contribution in [0.2, 0.25) is 0 Å². The molecule has 2 aromatic carbocycles. The Hall–Kier alpha value is -4.00. The molecule has 0 aliphatic heterocycles.